The fourth-order valence-electron chi connectivity index (χ4n) is 1.98. The van der Waals surface area contributed by atoms with Gasteiger partial charge in [-0.2, -0.15) is 0 Å². The van der Waals surface area contributed by atoms with E-state index in [0.29, 0.717) is 6.54 Å². The Hall–Kier alpha value is -1.24. The molecule has 0 heterocycles. The number of hydrogen-bond acceptors (Lipinski definition) is 4. The molecule has 0 fully saturated rings. The van der Waals surface area contributed by atoms with E-state index in [9.17, 15) is 9.59 Å². The highest BCUT2D eigenvalue weighted by atomic mass is 35.5. The second kappa shape index (κ2) is 10.5. The van der Waals surface area contributed by atoms with Crippen LogP contribution in [0.15, 0.2) is 29.2 Å². The highest BCUT2D eigenvalue weighted by Gasteiger charge is 2.22. The van der Waals surface area contributed by atoms with Gasteiger partial charge in [-0.15, -0.1) is 24.2 Å². The number of carbonyl (C=O) groups is 2. The molecule has 124 valence electrons. The highest BCUT2D eigenvalue weighted by molar-refractivity contribution is 7.98. The first-order valence-electron chi connectivity index (χ1n) is 6.88. The summed E-state index contributed by atoms with van der Waals surface area (Å²) in [5.41, 5.74) is 0.727. The van der Waals surface area contributed by atoms with E-state index in [1.165, 1.54) is 0 Å². The van der Waals surface area contributed by atoms with Gasteiger partial charge in [-0.25, -0.2) is 0 Å². The fourth-order valence-corrected chi connectivity index (χ4v) is 2.44. The minimum Gasteiger partial charge on any atom is -0.480 e. The summed E-state index contributed by atoms with van der Waals surface area (Å²) in [6, 6.07) is 7.09. The van der Waals surface area contributed by atoms with Crippen LogP contribution in [0.4, 0.5) is 5.69 Å². The third kappa shape index (κ3) is 6.68. The maximum Gasteiger partial charge on any atom is 0.317 e. The summed E-state index contributed by atoms with van der Waals surface area (Å²) in [5.74, 6) is -1.12. The van der Waals surface area contributed by atoms with E-state index in [-0.39, 0.29) is 24.9 Å². The van der Waals surface area contributed by atoms with Gasteiger partial charge in [-0.05, 0) is 44.3 Å². The number of carboxylic acids is 1. The molecular formula is C15H23ClN2O3S. The Morgan fingerprint density at radius 2 is 2.09 bits per heavy atom. The number of amides is 1. The number of thioether (sulfide) groups is 1. The molecule has 1 aromatic carbocycles. The SMILES string of the molecule is CCCN(CC(=O)O)C(C)C(=O)Nc1cccc(SC)c1.Cl. The maximum atomic E-state index is 12.3. The summed E-state index contributed by atoms with van der Waals surface area (Å²) in [5, 5.41) is 11.8. The van der Waals surface area contributed by atoms with E-state index in [4.69, 9.17) is 5.11 Å². The average molecular weight is 347 g/mol. The second-order valence-corrected chi connectivity index (χ2v) is 5.64. The maximum absolute atomic E-state index is 12.3. The van der Waals surface area contributed by atoms with Crippen molar-refractivity contribution in [2.45, 2.75) is 31.2 Å². The smallest absolute Gasteiger partial charge is 0.317 e. The van der Waals surface area contributed by atoms with Crippen LogP contribution in [0.5, 0.6) is 0 Å². The van der Waals surface area contributed by atoms with Gasteiger partial charge in [0.25, 0.3) is 0 Å². The number of nitrogens with zero attached hydrogens (tertiary/aromatic N) is 1. The second-order valence-electron chi connectivity index (χ2n) is 4.76. The number of hydrogen-bond donors (Lipinski definition) is 2. The van der Waals surface area contributed by atoms with Gasteiger partial charge in [0.2, 0.25) is 5.91 Å². The number of nitrogens with one attached hydrogen (secondary N) is 1. The van der Waals surface area contributed by atoms with Crippen LogP contribution in [0, 0.1) is 0 Å². The Morgan fingerprint density at radius 3 is 2.64 bits per heavy atom. The monoisotopic (exact) mass is 346 g/mol. The zero-order valence-electron chi connectivity index (χ0n) is 13.0. The van der Waals surface area contributed by atoms with Crippen molar-refractivity contribution in [2.75, 3.05) is 24.7 Å². The molecule has 0 aliphatic rings. The van der Waals surface area contributed by atoms with Gasteiger partial charge in [0.15, 0.2) is 0 Å². The molecule has 1 unspecified atom stereocenters. The first-order chi connectivity index (χ1) is 9.97. The van der Waals surface area contributed by atoms with Crippen LogP contribution in [-0.2, 0) is 9.59 Å². The predicted octanol–water partition coefficient (Wildman–Crippen LogP) is 2.95. The lowest BCUT2D eigenvalue weighted by Gasteiger charge is -2.26. The van der Waals surface area contributed by atoms with Gasteiger partial charge in [-0.1, -0.05) is 13.0 Å². The van der Waals surface area contributed by atoms with Crippen LogP contribution in [0.2, 0.25) is 0 Å². The van der Waals surface area contributed by atoms with Gasteiger partial charge in [0.05, 0.1) is 12.6 Å². The Labute approximate surface area is 141 Å². The number of halogens is 1. The van der Waals surface area contributed by atoms with Crippen molar-refractivity contribution in [2.24, 2.45) is 0 Å². The molecule has 0 aliphatic carbocycles. The molecule has 5 nitrogen and oxygen atoms in total. The third-order valence-corrected chi connectivity index (χ3v) is 3.84. The van der Waals surface area contributed by atoms with Crippen molar-refractivity contribution >= 4 is 41.7 Å². The summed E-state index contributed by atoms with van der Waals surface area (Å²) in [6.07, 6.45) is 2.77. The van der Waals surface area contributed by atoms with E-state index in [1.54, 1.807) is 23.6 Å². The summed E-state index contributed by atoms with van der Waals surface area (Å²) in [6.45, 7) is 4.13. The largest absolute Gasteiger partial charge is 0.480 e. The van der Waals surface area contributed by atoms with E-state index in [2.05, 4.69) is 5.32 Å². The molecule has 1 rings (SSSR count). The number of aliphatic carboxylic acids is 1. The number of carboxylic acid groups (broad SMARTS) is 1. The molecular weight excluding hydrogens is 324 g/mol. The lowest BCUT2D eigenvalue weighted by atomic mass is 10.2. The van der Waals surface area contributed by atoms with Crippen molar-refractivity contribution < 1.29 is 14.7 Å². The van der Waals surface area contributed by atoms with Crippen molar-refractivity contribution in [1.82, 2.24) is 4.90 Å². The summed E-state index contributed by atoms with van der Waals surface area (Å²) >= 11 is 1.60. The Morgan fingerprint density at radius 1 is 1.41 bits per heavy atom. The van der Waals surface area contributed by atoms with Crippen molar-refractivity contribution in [3.05, 3.63) is 24.3 Å². The normalized spacial score (nSPS) is 11.6. The van der Waals surface area contributed by atoms with Crippen LogP contribution in [0.3, 0.4) is 0 Å². The molecule has 1 aromatic rings. The number of benzene rings is 1. The molecule has 1 amide bonds. The molecule has 1 atom stereocenters. The number of rotatable bonds is 8. The first-order valence-corrected chi connectivity index (χ1v) is 8.11. The van der Waals surface area contributed by atoms with Gasteiger partial charge in [0.1, 0.15) is 0 Å². The molecule has 2 N–H and O–H groups in total. The van der Waals surface area contributed by atoms with E-state index in [0.717, 1.165) is 17.0 Å². The van der Waals surface area contributed by atoms with E-state index < -0.39 is 12.0 Å². The Kier molecular flexibility index (Phi) is 9.89. The third-order valence-electron chi connectivity index (χ3n) is 3.11. The Balaban J connectivity index is 0.00000441. The lowest BCUT2D eigenvalue weighted by molar-refractivity contribution is -0.139. The minimum absolute atomic E-state index is 0. The van der Waals surface area contributed by atoms with Crippen molar-refractivity contribution in [3.8, 4) is 0 Å². The van der Waals surface area contributed by atoms with Crippen LogP contribution in [0.1, 0.15) is 20.3 Å². The quantitative estimate of drug-likeness (QED) is 0.708. The Bertz CT molecular complexity index is 499. The first kappa shape index (κ1) is 20.8. The summed E-state index contributed by atoms with van der Waals surface area (Å²) in [4.78, 5) is 25.9. The molecule has 0 aromatic heterocycles. The number of anilines is 1. The van der Waals surface area contributed by atoms with Gasteiger partial charge >= 0.3 is 5.97 Å². The van der Waals surface area contributed by atoms with Crippen molar-refractivity contribution in [3.63, 3.8) is 0 Å². The van der Waals surface area contributed by atoms with Crippen LogP contribution < -0.4 is 5.32 Å². The van der Waals surface area contributed by atoms with Crippen LogP contribution >= 0.6 is 24.2 Å². The van der Waals surface area contributed by atoms with E-state index in [1.807, 2.05) is 37.4 Å². The molecule has 22 heavy (non-hydrogen) atoms. The zero-order valence-corrected chi connectivity index (χ0v) is 14.7. The summed E-state index contributed by atoms with van der Waals surface area (Å²) < 4.78 is 0. The zero-order chi connectivity index (χ0) is 15.8. The van der Waals surface area contributed by atoms with Crippen LogP contribution in [-0.4, -0.2) is 47.3 Å². The van der Waals surface area contributed by atoms with Gasteiger partial charge in [0, 0.05) is 10.6 Å². The molecule has 0 radical (unpaired) electrons. The summed E-state index contributed by atoms with van der Waals surface area (Å²) in [7, 11) is 0. The molecule has 7 heteroatoms. The lowest BCUT2D eigenvalue weighted by Crippen LogP contribution is -2.44. The van der Waals surface area contributed by atoms with Gasteiger partial charge < -0.3 is 10.4 Å². The predicted molar refractivity (Wildman–Crippen MR) is 93.1 cm³/mol. The molecule has 0 aliphatic heterocycles. The van der Waals surface area contributed by atoms with Gasteiger partial charge in [-0.3, -0.25) is 14.5 Å². The topological polar surface area (TPSA) is 69.6 Å². The van der Waals surface area contributed by atoms with E-state index >= 15 is 0 Å². The molecule has 0 saturated heterocycles. The molecule has 0 bridgehead atoms. The van der Waals surface area contributed by atoms with Crippen LogP contribution in [0.25, 0.3) is 0 Å². The molecule has 0 saturated carbocycles. The minimum atomic E-state index is -0.924. The fraction of sp³-hybridized carbons (Fsp3) is 0.467. The standard InChI is InChI=1S/C15H22N2O3S.ClH/c1-4-8-17(10-14(18)19)11(2)15(20)16-12-6-5-7-13(9-12)21-3;/h5-7,9,11H,4,8,10H2,1-3H3,(H,16,20)(H,18,19);1H. The highest BCUT2D eigenvalue weighted by Crippen LogP contribution is 2.19. The number of carbonyl (C=O) groups excluding carboxylic acids is 1. The average Bonchev–Trinajstić information content (AvgIpc) is 2.45. The molecule has 0 spiro atoms. The van der Waals surface area contributed by atoms with Crippen molar-refractivity contribution in [1.29, 1.82) is 0 Å².